The molecule has 1 aliphatic rings. The van der Waals surface area contributed by atoms with Crippen LogP contribution in [0.25, 0.3) is 22.1 Å². The second-order valence-electron chi connectivity index (χ2n) is 7.59. The number of furan rings is 1. The molecule has 3 nitrogen and oxygen atoms in total. The lowest BCUT2D eigenvalue weighted by Gasteiger charge is -2.35. The Hall–Kier alpha value is -2.26. The van der Waals surface area contributed by atoms with Gasteiger partial charge in [-0.1, -0.05) is 43.7 Å². The molecule has 0 aliphatic carbocycles. The molecule has 3 aromatic rings. The predicted octanol–water partition coefficient (Wildman–Crippen LogP) is 6.18. The second-order valence-corrected chi connectivity index (χ2v) is 7.59. The van der Waals surface area contributed by atoms with Crippen LogP contribution in [0.4, 0.5) is 0 Å². The Morgan fingerprint density at radius 1 is 1.15 bits per heavy atom. The van der Waals surface area contributed by atoms with E-state index in [0.29, 0.717) is 6.04 Å². The van der Waals surface area contributed by atoms with Gasteiger partial charge in [0.2, 0.25) is 0 Å². The average molecular weight is 364 g/mol. The smallest absolute Gasteiger partial charge is 0.135 e. The zero-order valence-electron chi connectivity index (χ0n) is 16.6. The first-order valence-corrected chi connectivity index (χ1v) is 10.1. The van der Waals surface area contributed by atoms with E-state index in [2.05, 4.69) is 48.2 Å². The lowest BCUT2D eigenvalue weighted by atomic mass is 9.98. The Bertz CT molecular complexity index is 913. The van der Waals surface area contributed by atoms with Crippen molar-refractivity contribution in [2.75, 3.05) is 13.7 Å². The van der Waals surface area contributed by atoms with Gasteiger partial charge in [-0.25, -0.2) is 0 Å². The highest BCUT2D eigenvalue weighted by atomic mass is 16.5. The quantitative estimate of drug-likeness (QED) is 0.541. The Balaban J connectivity index is 1.75. The van der Waals surface area contributed by atoms with E-state index in [1.165, 1.54) is 48.9 Å². The summed E-state index contributed by atoms with van der Waals surface area (Å²) in [7, 11) is 1.77. The normalized spacial score (nSPS) is 18.1. The molecular formula is C24H29NO2. The molecule has 0 spiro atoms. The van der Waals surface area contributed by atoms with Gasteiger partial charge in [0.05, 0.1) is 7.11 Å². The number of aryl methyl sites for hydroxylation is 1. The van der Waals surface area contributed by atoms with Crippen LogP contribution in [0.15, 0.2) is 46.9 Å². The van der Waals surface area contributed by atoms with E-state index in [1.54, 1.807) is 7.11 Å². The van der Waals surface area contributed by atoms with E-state index in [4.69, 9.17) is 9.15 Å². The molecule has 1 aromatic heterocycles. The minimum atomic E-state index is 0.678. The largest absolute Gasteiger partial charge is 0.496 e. The summed E-state index contributed by atoms with van der Waals surface area (Å²) in [5.74, 6) is 1.92. The molecule has 142 valence electrons. The summed E-state index contributed by atoms with van der Waals surface area (Å²) in [6, 6.07) is 15.5. The van der Waals surface area contributed by atoms with Gasteiger partial charge in [0, 0.05) is 29.1 Å². The molecule has 0 N–H and O–H groups in total. The Labute approximate surface area is 161 Å². The summed E-state index contributed by atoms with van der Waals surface area (Å²) >= 11 is 0. The fourth-order valence-corrected chi connectivity index (χ4v) is 4.51. The van der Waals surface area contributed by atoms with E-state index in [1.807, 2.05) is 13.0 Å². The molecule has 4 rings (SSSR count). The van der Waals surface area contributed by atoms with Crippen molar-refractivity contribution in [3.05, 3.63) is 53.8 Å². The summed E-state index contributed by atoms with van der Waals surface area (Å²) < 4.78 is 12.0. The minimum Gasteiger partial charge on any atom is -0.496 e. The van der Waals surface area contributed by atoms with Gasteiger partial charge < -0.3 is 9.15 Å². The van der Waals surface area contributed by atoms with Crippen LogP contribution >= 0.6 is 0 Å². The standard InChI is InChI=1S/C24H29NO2/c1-4-20-12-8-9-13-25(20)16-19-14-23-21(15-22(19)26-3)24(17(2)27-23)18-10-6-5-7-11-18/h5-7,10-11,14-15,20H,4,8-9,12-13,16H2,1-3H3/t20-/m1/s1. The van der Waals surface area contributed by atoms with Crippen LogP contribution in [0, 0.1) is 6.92 Å². The van der Waals surface area contributed by atoms with Crippen LogP contribution in [0.1, 0.15) is 43.9 Å². The topological polar surface area (TPSA) is 25.6 Å². The summed E-state index contributed by atoms with van der Waals surface area (Å²) in [6.07, 6.45) is 5.16. The fraction of sp³-hybridized carbons (Fsp3) is 0.417. The van der Waals surface area contributed by atoms with Crippen molar-refractivity contribution in [1.82, 2.24) is 4.90 Å². The van der Waals surface area contributed by atoms with Gasteiger partial charge in [0.15, 0.2) is 0 Å². The third-order valence-electron chi connectivity index (χ3n) is 5.92. The lowest BCUT2D eigenvalue weighted by molar-refractivity contribution is 0.135. The number of fused-ring (bicyclic) bond motifs is 1. The SMILES string of the molecule is CC[C@@H]1CCCCN1Cc1cc2oc(C)c(-c3ccccc3)c2cc1OC. The maximum absolute atomic E-state index is 6.16. The molecule has 1 saturated heterocycles. The van der Waals surface area contributed by atoms with Crippen LogP contribution in [0.3, 0.4) is 0 Å². The minimum absolute atomic E-state index is 0.678. The highest BCUT2D eigenvalue weighted by Gasteiger charge is 2.23. The Morgan fingerprint density at radius 3 is 2.70 bits per heavy atom. The third-order valence-corrected chi connectivity index (χ3v) is 5.92. The number of piperidine rings is 1. The third kappa shape index (κ3) is 3.49. The van der Waals surface area contributed by atoms with Gasteiger partial charge in [-0.2, -0.15) is 0 Å². The van der Waals surface area contributed by atoms with Gasteiger partial charge in [-0.15, -0.1) is 0 Å². The van der Waals surface area contributed by atoms with Gasteiger partial charge >= 0.3 is 0 Å². The number of hydrogen-bond acceptors (Lipinski definition) is 3. The summed E-state index contributed by atoms with van der Waals surface area (Å²) in [5.41, 5.74) is 4.52. The molecule has 0 radical (unpaired) electrons. The predicted molar refractivity (Wildman–Crippen MR) is 111 cm³/mol. The Kier molecular flexibility index (Phi) is 5.22. The van der Waals surface area contributed by atoms with E-state index in [9.17, 15) is 0 Å². The zero-order chi connectivity index (χ0) is 18.8. The van der Waals surface area contributed by atoms with Crippen LogP contribution in [0.2, 0.25) is 0 Å². The number of rotatable bonds is 5. The molecule has 0 bridgehead atoms. The molecule has 0 amide bonds. The van der Waals surface area contributed by atoms with Gasteiger partial charge in [-0.3, -0.25) is 4.90 Å². The van der Waals surface area contributed by atoms with Crippen molar-refractivity contribution in [2.45, 2.75) is 52.1 Å². The number of nitrogens with zero attached hydrogens (tertiary/aromatic N) is 1. The fourth-order valence-electron chi connectivity index (χ4n) is 4.51. The zero-order valence-corrected chi connectivity index (χ0v) is 16.6. The van der Waals surface area contributed by atoms with Crippen LogP contribution in [0.5, 0.6) is 5.75 Å². The molecule has 3 heteroatoms. The first-order chi connectivity index (χ1) is 13.2. The Morgan fingerprint density at radius 2 is 1.96 bits per heavy atom. The van der Waals surface area contributed by atoms with E-state index < -0.39 is 0 Å². The van der Waals surface area contributed by atoms with Crippen molar-refractivity contribution >= 4 is 11.0 Å². The van der Waals surface area contributed by atoms with Gasteiger partial charge in [-0.05, 0) is 50.4 Å². The molecule has 2 heterocycles. The number of ether oxygens (including phenoxy) is 1. The molecule has 0 unspecified atom stereocenters. The number of benzene rings is 2. The summed E-state index contributed by atoms with van der Waals surface area (Å²) in [6.45, 7) is 6.45. The van der Waals surface area contributed by atoms with E-state index >= 15 is 0 Å². The highest BCUT2D eigenvalue weighted by molar-refractivity contribution is 5.97. The maximum atomic E-state index is 6.16. The van der Waals surface area contributed by atoms with Crippen molar-refractivity contribution in [1.29, 1.82) is 0 Å². The second kappa shape index (κ2) is 7.77. The highest BCUT2D eigenvalue weighted by Crippen LogP contribution is 2.38. The van der Waals surface area contributed by atoms with Crippen molar-refractivity contribution < 1.29 is 9.15 Å². The molecule has 1 aliphatic heterocycles. The molecule has 1 fully saturated rings. The van der Waals surface area contributed by atoms with Crippen LogP contribution in [-0.2, 0) is 6.54 Å². The van der Waals surface area contributed by atoms with Crippen molar-refractivity contribution in [3.8, 4) is 16.9 Å². The van der Waals surface area contributed by atoms with E-state index in [0.717, 1.165) is 29.0 Å². The number of methoxy groups -OCH3 is 1. The monoisotopic (exact) mass is 363 g/mol. The molecule has 27 heavy (non-hydrogen) atoms. The first kappa shape index (κ1) is 18.1. The van der Waals surface area contributed by atoms with Gasteiger partial charge in [0.25, 0.3) is 0 Å². The molecule has 1 atom stereocenters. The van der Waals surface area contributed by atoms with E-state index in [-0.39, 0.29) is 0 Å². The first-order valence-electron chi connectivity index (χ1n) is 10.1. The summed E-state index contributed by atoms with van der Waals surface area (Å²) in [5, 5.41) is 1.13. The summed E-state index contributed by atoms with van der Waals surface area (Å²) in [4.78, 5) is 2.61. The maximum Gasteiger partial charge on any atom is 0.135 e. The number of hydrogen-bond donors (Lipinski definition) is 0. The van der Waals surface area contributed by atoms with Crippen LogP contribution < -0.4 is 4.74 Å². The van der Waals surface area contributed by atoms with Gasteiger partial charge in [0.1, 0.15) is 17.1 Å². The molecule has 2 aromatic carbocycles. The lowest BCUT2D eigenvalue weighted by Crippen LogP contribution is -2.38. The van der Waals surface area contributed by atoms with Crippen LogP contribution in [-0.4, -0.2) is 24.6 Å². The molecule has 0 saturated carbocycles. The average Bonchev–Trinajstić information content (AvgIpc) is 3.03. The van der Waals surface area contributed by atoms with Crippen molar-refractivity contribution in [2.24, 2.45) is 0 Å². The molecular weight excluding hydrogens is 334 g/mol. The number of likely N-dealkylation sites (tertiary alicyclic amines) is 1. The van der Waals surface area contributed by atoms with Crippen molar-refractivity contribution in [3.63, 3.8) is 0 Å².